The van der Waals surface area contributed by atoms with Crippen LogP contribution in [0.25, 0.3) is 0 Å². The molecule has 1 aromatic heterocycles. The molecule has 0 unspecified atom stereocenters. The van der Waals surface area contributed by atoms with Crippen molar-refractivity contribution in [3.63, 3.8) is 0 Å². The van der Waals surface area contributed by atoms with E-state index >= 15 is 0 Å². The lowest BCUT2D eigenvalue weighted by molar-refractivity contribution is 0.0532. The molecule has 0 bridgehead atoms. The Morgan fingerprint density at radius 2 is 1.59 bits per heavy atom. The topological polar surface area (TPSA) is 53.5 Å². The van der Waals surface area contributed by atoms with E-state index in [1.165, 1.54) is 11.3 Å². The average Bonchev–Trinajstić information content (AvgIpc) is 3.01. The van der Waals surface area contributed by atoms with E-state index in [0.29, 0.717) is 37.4 Å². The standard InChI is InChI=1S/C16H17N3O2S/c1-12-17-14(11-22-12)16(21)19-9-7-18(8-10-19)15(20)13-5-3-2-4-6-13/h2-6,11H,7-10H2,1H3. The number of aryl methyl sites for hydroxylation is 1. The van der Waals surface area contributed by atoms with Crippen molar-refractivity contribution >= 4 is 23.2 Å². The van der Waals surface area contributed by atoms with E-state index in [9.17, 15) is 9.59 Å². The Morgan fingerprint density at radius 1 is 1.00 bits per heavy atom. The zero-order chi connectivity index (χ0) is 15.5. The lowest BCUT2D eigenvalue weighted by Gasteiger charge is -2.34. The lowest BCUT2D eigenvalue weighted by Crippen LogP contribution is -2.50. The van der Waals surface area contributed by atoms with E-state index in [1.807, 2.05) is 37.3 Å². The maximum Gasteiger partial charge on any atom is 0.273 e. The number of aromatic nitrogens is 1. The summed E-state index contributed by atoms with van der Waals surface area (Å²) in [5.74, 6) is -0.0200. The van der Waals surface area contributed by atoms with Gasteiger partial charge in [-0.1, -0.05) is 18.2 Å². The molecule has 1 saturated heterocycles. The van der Waals surface area contributed by atoms with Crippen LogP contribution < -0.4 is 0 Å². The van der Waals surface area contributed by atoms with Gasteiger partial charge in [0.2, 0.25) is 0 Å². The van der Waals surface area contributed by atoms with Crippen LogP contribution in [0.3, 0.4) is 0 Å². The van der Waals surface area contributed by atoms with E-state index in [2.05, 4.69) is 4.98 Å². The first-order valence-corrected chi connectivity index (χ1v) is 8.09. The second-order valence-corrected chi connectivity index (χ2v) is 6.26. The van der Waals surface area contributed by atoms with Crippen molar-refractivity contribution < 1.29 is 9.59 Å². The predicted molar refractivity (Wildman–Crippen MR) is 85.1 cm³/mol. The second kappa shape index (κ2) is 6.27. The van der Waals surface area contributed by atoms with Crippen molar-refractivity contribution in [3.8, 4) is 0 Å². The van der Waals surface area contributed by atoms with Crippen LogP contribution in [0.2, 0.25) is 0 Å². The largest absolute Gasteiger partial charge is 0.335 e. The summed E-state index contributed by atoms with van der Waals surface area (Å²) in [7, 11) is 0. The molecule has 3 rings (SSSR count). The molecule has 0 atom stereocenters. The molecule has 0 saturated carbocycles. The Bertz CT molecular complexity index is 676. The summed E-state index contributed by atoms with van der Waals surface area (Å²) in [6.07, 6.45) is 0. The van der Waals surface area contributed by atoms with Gasteiger partial charge < -0.3 is 9.80 Å². The highest BCUT2D eigenvalue weighted by Gasteiger charge is 2.26. The van der Waals surface area contributed by atoms with E-state index in [1.54, 1.807) is 15.2 Å². The number of carbonyl (C=O) groups excluding carboxylic acids is 2. The van der Waals surface area contributed by atoms with Gasteiger partial charge in [0, 0.05) is 37.1 Å². The van der Waals surface area contributed by atoms with Gasteiger partial charge in [-0.25, -0.2) is 4.98 Å². The first-order valence-electron chi connectivity index (χ1n) is 7.21. The maximum atomic E-state index is 12.4. The molecular formula is C16H17N3O2S. The second-order valence-electron chi connectivity index (χ2n) is 5.20. The summed E-state index contributed by atoms with van der Waals surface area (Å²) in [5, 5.41) is 2.68. The average molecular weight is 315 g/mol. The Hall–Kier alpha value is -2.21. The van der Waals surface area contributed by atoms with Gasteiger partial charge in [-0.15, -0.1) is 11.3 Å². The van der Waals surface area contributed by atoms with Crippen molar-refractivity contribution in [2.75, 3.05) is 26.2 Å². The minimum atomic E-state index is -0.0452. The van der Waals surface area contributed by atoms with E-state index < -0.39 is 0 Å². The van der Waals surface area contributed by atoms with Crippen molar-refractivity contribution in [1.29, 1.82) is 0 Å². The van der Waals surface area contributed by atoms with Gasteiger partial charge in [0.25, 0.3) is 11.8 Å². The molecule has 1 aliphatic heterocycles. The van der Waals surface area contributed by atoms with E-state index in [-0.39, 0.29) is 11.8 Å². The Labute approximate surface area is 133 Å². The molecule has 5 nitrogen and oxygen atoms in total. The number of piperazine rings is 1. The van der Waals surface area contributed by atoms with Crippen molar-refractivity contribution in [1.82, 2.24) is 14.8 Å². The fourth-order valence-corrected chi connectivity index (χ4v) is 3.09. The van der Waals surface area contributed by atoms with Crippen LogP contribution in [0.5, 0.6) is 0 Å². The van der Waals surface area contributed by atoms with Gasteiger partial charge >= 0.3 is 0 Å². The molecule has 2 heterocycles. The molecule has 2 aromatic rings. The number of amides is 2. The van der Waals surface area contributed by atoms with Gasteiger partial charge in [-0.05, 0) is 19.1 Å². The third kappa shape index (κ3) is 3.01. The number of hydrogen-bond acceptors (Lipinski definition) is 4. The normalized spacial score (nSPS) is 15.0. The number of hydrogen-bond donors (Lipinski definition) is 0. The van der Waals surface area contributed by atoms with Crippen LogP contribution in [0.4, 0.5) is 0 Å². The lowest BCUT2D eigenvalue weighted by atomic mass is 10.2. The molecule has 1 aromatic carbocycles. The molecule has 0 spiro atoms. The van der Waals surface area contributed by atoms with Crippen molar-refractivity contribution in [2.45, 2.75) is 6.92 Å². The van der Waals surface area contributed by atoms with Gasteiger partial charge in [-0.2, -0.15) is 0 Å². The minimum Gasteiger partial charge on any atom is -0.335 e. The summed E-state index contributed by atoms with van der Waals surface area (Å²) in [6.45, 7) is 4.10. The molecule has 0 N–H and O–H groups in total. The minimum absolute atomic E-state index is 0.0252. The first-order chi connectivity index (χ1) is 10.6. The highest BCUT2D eigenvalue weighted by atomic mass is 32.1. The van der Waals surface area contributed by atoms with Gasteiger partial charge in [0.15, 0.2) is 0 Å². The fraction of sp³-hybridized carbons (Fsp3) is 0.312. The number of thiazole rings is 1. The summed E-state index contributed by atoms with van der Waals surface area (Å²) in [5.41, 5.74) is 1.20. The van der Waals surface area contributed by atoms with Crippen LogP contribution in [0, 0.1) is 6.92 Å². The zero-order valence-corrected chi connectivity index (χ0v) is 13.2. The maximum absolute atomic E-state index is 12.4. The van der Waals surface area contributed by atoms with Crippen LogP contribution in [0.15, 0.2) is 35.7 Å². The smallest absolute Gasteiger partial charge is 0.273 e. The SMILES string of the molecule is Cc1nc(C(=O)N2CCN(C(=O)c3ccccc3)CC2)cs1. The Morgan fingerprint density at radius 3 is 2.14 bits per heavy atom. The molecule has 22 heavy (non-hydrogen) atoms. The molecule has 1 fully saturated rings. The predicted octanol–water partition coefficient (Wildman–Crippen LogP) is 2.05. The molecule has 1 aliphatic rings. The van der Waals surface area contributed by atoms with Crippen molar-refractivity contribution in [3.05, 3.63) is 52.0 Å². The fourth-order valence-electron chi connectivity index (χ4n) is 2.50. The van der Waals surface area contributed by atoms with Gasteiger partial charge in [-0.3, -0.25) is 9.59 Å². The first kappa shape index (κ1) is 14.7. The number of nitrogens with zero attached hydrogens (tertiary/aromatic N) is 3. The quantitative estimate of drug-likeness (QED) is 0.852. The number of benzene rings is 1. The van der Waals surface area contributed by atoms with Gasteiger partial charge in [0.05, 0.1) is 5.01 Å². The number of carbonyl (C=O) groups is 2. The third-order valence-electron chi connectivity index (χ3n) is 3.71. The van der Waals surface area contributed by atoms with Gasteiger partial charge in [0.1, 0.15) is 5.69 Å². The number of rotatable bonds is 2. The van der Waals surface area contributed by atoms with Crippen LogP contribution >= 0.6 is 11.3 Å². The Kier molecular flexibility index (Phi) is 4.20. The molecule has 0 radical (unpaired) electrons. The summed E-state index contributed by atoms with van der Waals surface area (Å²) >= 11 is 1.48. The van der Waals surface area contributed by atoms with E-state index in [0.717, 1.165) is 5.01 Å². The van der Waals surface area contributed by atoms with E-state index in [4.69, 9.17) is 0 Å². The Balaban J connectivity index is 1.61. The molecule has 0 aliphatic carbocycles. The molecule has 6 heteroatoms. The summed E-state index contributed by atoms with van der Waals surface area (Å²) in [6, 6.07) is 9.24. The van der Waals surface area contributed by atoms with Crippen molar-refractivity contribution in [2.24, 2.45) is 0 Å². The van der Waals surface area contributed by atoms with Crippen LogP contribution in [-0.2, 0) is 0 Å². The van der Waals surface area contributed by atoms with Crippen LogP contribution in [-0.4, -0.2) is 52.8 Å². The summed E-state index contributed by atoms with van der Waals surface area (Å²) in [4.78, 5) is 32.5. The molecule has 2 amide bonds. The molecular weight excluding hydrogens is 298 g/mol. The highest BCUT2D eigenvalue weighted by molar-refractivity contribution is 7.09. The highest BCUT2D eigenvalue weighted by Crippen LogP contribution is 2.14. The summed E-state index contributed by atoms with van der Waals surface area (Å²) < 4.78 is 0. The monoisotopic (exact) mass is 315 g/mol. The third-order valence-corrected chi connectivity index (χ3v) is 4.49. The molecule has 114 valence electrons. The zero-order valence-electron chi connectivity index (χ0n) is 12.4. The van der Waals surface area contributed by atoms with Crippen LogP contribution in [0.1, 0.15) is 25.9 Å².